The lowest BCUT2D eigenvalue weighted by molar-refractivity contribution is -0.124. The van der Waals surface area contributed by atoms with Crippen LogP contribution in [0.4, 0.5) is 4.79 Å². The molecule has 0 saturated carbocycles. The lowest BCUT2D eigenvalue weighted by atomic mass is 10.3. The standard InChI is InChI=1S/C8H16N2O2/c1-4-5-6-9-8(12)10(3)7(2)11/h4-6H2,1-3H3,(H,9,12). The average Bonchev–Trinajstić information content (AvgIpc) is 2.03. The molecule has 0 aliphatic rings. The van der Waals surface area contributed by atoms with Crippen LogP contribution in [-0.2, 0) is 4.79 Å². The molecule has 0 saturated heterocycles. The first-order valence-corrected chi connectivity index (χ1v) is 4.11. The minimum absolute atomic E-state index is 0.246. The molecule has 0 radical (unpaired) electrons. The Labute approximate surface area is 72.9 Å². The zero-order valence-electron chi connectivity index (χ0n) is 7.89. The molecule has 0 aliphatic heterocycles. The average molecular weight is 172 g/mol. The molecular formula is C8H16N2O2. The van der Waals surface area contributed by atoms with Gasteiger partial charge in [-0.3, -0.25) is 9.69 Å². The fourth-order valence-corrected chi connectivity index (χ4v) is 0.634. The first kappa shape index (κ1) is 10.9. The van der Waals surface area contributed by atoms with Gasteiger partial charge in [-0.25, -0.2) is 4.79 Å². The molecule has 70 valence electrons. The quantitative estimate of drug-likeness (QED) is 0.645. The van der Waals surface area contributed by atoms with E-state index in [1.807, 2.05) is 6.92 Å². The molecule has 0 bridgehead atoms. The summed E-state index contributed by atoms with van der Waals surface area (Å²) in [4.78, 5) is 22.8. The molecule has 0 aliphatic carbocycles. The highest BCUT2D eigenvalue weighted by atomic mass is 16.2. The number of nitrogens with zero attached hydrogens (tertiary/aromatic N) is 1. The van der Waals surface area contributed by atoms with Gasteiger partial charge in [0.15, 0.2) is 0 Å². The maximum absolute atomic E-state index is 11.1. The van der Waals surface area contributed by atoms with Crippen molar-refractivity contribution >= 4 is 11.9 Å². The van der Waals surface area contributed by atoms with E-state index in [4.69, 9.17) is 0 Å². The van der Waals surface area contributed by atoms with Crippen LogP contribution in [0.15, 0.2) is 0 Å². The monoisotopic (exact) mass is 172 g/mol. The zero-order chi connectivity index (χ0) is 9.56. The maximum atomic E-state index is 11.1. The van der Waals surface area contributed by atoms with Gasteiger partial charge in [-0.2, -0.15) is 0 Å². The van der Waals surface area contributed by atoms with Crippen LogP contribution in [0.2, 0.25) is 0 Å². The number of nitrogens with one attached hydrogen (secondary N) is 1. The molecule has 0 aromatic carbocycles. The summed E-state index contributed by atoms with van der Waals surface area (Å²) >= 11 is 0. The Hall–Kier alpha value is -1.06. The van der Waals surface area contributed by atoms with Gasteiger partial charge in [0.2, 0.25) is 5.91 Å². The highest BCUT2D eigenvalue weighted by molar-refractivity contribution is 5.92. The summed E-state index contributed by atoms with van der Waals surface area (Å²) in [6.45, 7) is 4.03. The fourth-order valence-electron chi connectivity index (χ4n) is 0.634. The molecule has 0 fully saturated rings. The largest absolute Gasteiger partial charge is 0.338 e. The number of imide groups is 1. The predicted octanol–water partition coefficient (Wildman–Crippen LogP) is 0.974. The summed E-state index contributed by atoms with van der Waals surface area (Å²) in [5.74, 6) is -0.246. The van der Waals surface area contributed by atoms with Gasteiger partial charge >= 0.3 is 6.03 Å². The number of hydrogen-bond acceptors (Lipinski definition) is 2. The van der Waals surface area contributed by atoms with Gasteiger partial charge in [0.25, 0.3) is 0 Å². The Kier molecular flexibility index (Phi) is 5.08. The normalized spacial score (nSPS) is 9.25. The van der Waals surface area contributed by atoms with Gasteiger partial charge in [-0.15, -0.1) is 0 Å². The third-order valence-corrected chi connectivity index (χ3v) is 1.58. The van der Waals surface area contributed by atoms with Gasteiger partial charge in [0.1, 0.15) is 0 Å². The minimum atomic E-state index is -0.323. The van der Waals surface area contributed by atoms with Crippen molar-refractivity contribution in [3.63, 3.8) is 0 Å². The second-order valence-corrected chi connectivity index (χ2v) is 2.66. The number of unbranched alkanes of at least 4 members (excludes halogenated alkanes) is 1. The van der Waals surface area contributed by atoms with Crippen molar-refractivity contribution < 1.29 is 9.59 Å². The highest BCUT2D eigenvalue weighted by Gasteiger charge is 2.10. The van der Waals surface area contributed by atoms with Gasteiger partial charge in [-0.1, -0.05) is 13.3 Å². The molecule has 0 atom stereocenters. The number of amides is 3. The molecule has 0 heterocycles. The van der Waals surface area contributed by atoms with Crippen LogP contribution >= 0.6 is 0 Å². The highest BCUT2D eigenvalue weighted by Crippen LogP contribution is 1.87. The molecule has 0 aromatic heterocycles. The van der Waals surface area contributed by atoms with Crippen LogP contribution in [-0.4, -0.2) is 30.4 Å². The van der Waals surface area contributed by atoms with E-state index in [0.717, 1.165) is 17.7 Å². The minimum Gasteiger partial charge on any atom is -0.338 e. The van der Waals surface area contributed by atoms with Crippen LogP contribution < -0.4 is 5.32 Å². The van der Waals surface area contributed by atoms with E-state index in [1.165, 1.54) is 14.0 Å². The van der Waals surface area contributed by atoms with Crippen LogP contribution in [0.3, 0.4) is 0 Å². The molecule has 0 spiro atoms. The summed E-state index contributed by atoms with van der Waals surface area (Å²) < 4.78 is 0. The second-order valence-electron chi connectivity index (χ2n) is 2.66. The summed E-state index contributed by atoms with van der Waals surface area (Å²) in [5, 5.41) is 2.63. The van der Waals surface area contributed by atoms with Crippen LogP contribution in [0, 0.1) is 0 Å². The van der Waals surface area contributed by atoms with Crippen molar-refractivity contribution in [1.29, 1.82) is 0 Å². The van der Waals surface area contributed by atoms with Gasteiger partial charge in [0, 0.05) is 20.5 Å². The van der Waals surface area contributed by atoms with Crippen molar-refractivity contribution in [2.75, 3.05) is 13.6 Å². The van der Waals surface area contributed by atoms with Crippen molar-refractivity contribution in [3.05, 3.63) is 0 Å². The van der Waals surface area contributed by atoms with Gasteiger partial charge < -0.3 is 5.32 Å². The van der Waals surface area contributed by atoms with E-state index in [9.17, 15) is 9.59 Å². The number of rotatable bonds is 3. The van der Waals surface area contributed by atoms with Gasteiger partial charge in [-0.05, 0) is 6.42 Å². The molecule has 0 unspecified atom stereocenters. The molecule has 0 aromatic rings. The number of carbonyl (C=O) groups excluding carboxylic acids is 2. The SMILES string of the molecule is CCCCNC(=O)N(C)C(C)=O. The van der Waals surface area contributed by atoms with Gasteiger partial charge in [0.05, 0.1) is 0 Å². The maximum Gasteiger partial charge on any atom is 0.323 e. The Morgan fingerprint density at radius 1 is 1.42 bits per heavy atom. The summed E-state index contributed by atoms with van der Waals surface area (Å²) in [6.07, 6.45) is 1.97. The van der Waals surface area contributed by atoms with Crippen LogP contribution in [0.25, 0.3) is 0 Å². The lowest BCUT2D eigenvalue weighted by Gasteiger charge is -2.13. The zero-order valence-corrected chi connectivity index (χ0v) is 7.89. The topological polar surface area (TPSA) is 49.4 Å². The molecule has 12 heavy (non-hydrogen) atoms. The Bertz CT molecular complexity index is 168. The molecular weight excluding hydrogens is 156 g/mol. The molecule has 0 rings (SSSR count). The predicted molar refractivity (Wildman–Crippen MR) is 46.8 cm³/mol. The number of hydrogen-bond donors (Lipinski definition) is 1. The van der Waals surface area contributed by atoms with Crippen molar-refractivity contribution in [2.24, 2.45) is 0 Å². The third kappa shape index (κ3) is 3.95. The van der Waals surface area contributed by atoms with E-state index >= 15 is 0 Å². The summed E-state index contributed by atoms with van der Waals surface area (Å²) in [7, 11) is 1.46. The van der Waals surface area contributed by atoms with E-state index < -0.39 is 0 Å². The van der Waals surface area contributed by atoms with E-state index in [1.54, 1.807) is 0 Å². The fraction of sp³-hybridized carbons (Fsp3) is 0.750. The Balaban J connectivity index is 3.65. The van der Waals surface area contributed by atoms with E-state index in [0.29, 0.717) is 6.54 Å². The van der Waals surface area contributed by atoms with E-state index in [-0.39, 0.29) is 11.9 Å². The Morgan fingerprint density at radius 2 is 2.00 bits per heavy atom. The van der Waals surface area contributed by atoms with E-state index in [2.05, 4.69) is 5.32 Å². The number of carbonyl (C=O) groups is 2. The molecule has 4 nitrogen and oxygen atoms in total. The molecule has 1 N–H and O–H groups in total. The van der Waals surface area contributed by atoms with Crippen molar-refractivity contribution in [1.82, 2.24) is 10.2 Å². The Morgan fingerprint density at radius 3 is 2.42 bits per heavy atom. The number of urea groups is 1. The third-order valence-electron chi connectivity index (χ3n) is 1.58. The molecule has 4 heteroatoms. The first-order chi connectivity index (χ1) is 5.59. The first-order valence-electron chi connectivity index (χ1n) is 4.11. The summed E-state index contributed by atoms with van der Waals surface area (Å²) in [5.41, 5.74) is 0. The van der Waals surface area contributed by atoms with Crippen LogP contribution in [0.5, 0.6) is 0 Å². The lowest BCUT2D eigenvalue weighted by Crippen LogP contribution is -2.40. The van der Waals surface area contributed by atoms with Crippen LogP contribution in [0.1, 0.15) is 26.7 Å². The summed E-state index contributed by atoms with van der Waals surface area (Å²) in [6, 6.07) is -0.323. The smallest absolute Gasteiger partial charge is 0.323 e. The van der Waals surface area contributed by atoms with Crippen molar-refractivity contribution in [2.45, 2.75) is 26.7 Å². The second kappa shape index (κ2) is 5.57. The van der Waals surface area contributed by atoms with Crippen molar-refractivity contribution in [3.8, 4) is 0 Å². The molecule has 3 amide bonds.